The van der Waals surface area contributed by atoms with Gasteiger partial charge in [-0.25, -0.2) is 0 Å². The van der Waals surface area contributed by atoms with Gasteiger partial charge in [-0.15, -0.1) is 45.3 Å². The van der Waals surface area contributed by atoms with Gasteiger partial charge in [-0.05, 0) is 73.5 Å². The number of thiophene rings is 4. The Morgan fingerprint density at radius 3 is 1.90 bits per heavy atom. The maximum absolute atomic E-state index is 6.77. The Hall–Kier alpha value is -5.06. The molecular weight excluding hydrogens is 836 g/mol. The van der Waals surface area contributed by atoms with Gasteiger partial charge in [-0.2, -0.15) is 0 Å². The van der Waals surface area contributed by atoms with Crippen molar-refractivity contribution in [1.29, 1.82) is 0 Å². The predicted octanol–water partition coefficient (Wildman–Crippen LogP) is 16.2. The molecule has 12 rings (SSSR count). The molecule has 0 saturated carbocycles. The zero-order valence-corrected chi connectivity index (χ0v) is 36.4. The van der Waals surface area contributed by atoms with Crippen molar-refractivity contribution in [3.63, 3.8) is 0 Å². The van der Waals surface area contributed by atoms with Gasteiger partial charge in [0.25, 0.3) is 0 Å². The zero-order valence-electron chi connectivity index (χ0n) is 31.6. The summed E-state index contributed by atoms with van der Waals surface area (Å²) in [6.45, 7) is 4.25. The first-order chi connectivity index (χ1) is 28.2. The molecule has 6 aromatic carbocycles. The Balaban J connectivity index is 0.000000133. The Morgan fingerprint density at radius 1 is 0.552 bits per heavy atom. The zero-order chi connectivity index (χ0) is 39.6. The molecule has 0 fully saturated rings. The standard InChI is InChI=1S/C24H17Cl2NOS2.C24H15NOS2/c1-12-6-8-15-18(10-12)29-23(21(15)25)17-5-3-4-16(22(17)27)20-14-9-7-13(28-2)11-19(14)30-24(20)26;1-12-6-8-15-18(10-12)27-23-17-5-3-4-16-20-14-9-7-13(26-2)11-19(14)28-24(20)25(21(16)17)22(15)23/h3-11H,27H2,1-2H3;3-11H,1-2H3. The van der Waals surface area contributed by atoms with E-state index in [2.05, 4.69) is 91.0 Å². The van der Waals surface area contributed by atoms with Crippen LogP contribution in [0.15, 0.2) is 109 Å². The fraction of sp³-hybridized carbons (Fsp3) is 0.0833. The molecular formula is C48H32Cl2N2O2S4. The van der Waals surface area contributed by atoms with Gasteiger partial charge in [0.15, 0.2) is 0 Å². The lowest BCUT2D eigenvalue weighted by Gasteiger charge is -2.11. The van der Waals surface area contributed by atoms with Gasteiger partial charge in [-0.1, -0.05) is 83.9 Å². The second-order valence-corrected chi connectivity index (χ2v) is 19.8. The highest BCUT2D eigenvalue weighted by atomic mass is 35.5. The first-order valence-electron chi connectivity index (χ1n) is 18.6. The number of methoxy groups -OCH3 is 2. The van der Waals surface area contributed by atoms with E-state index in [0.29, 0.717) is 10.0 Å². The molecule has 284 valence electrons. The molecule has 0 aliphatic heterocycles. The molecule has 0 aliphatic carbocycles. The molecule has 0 amide bonds. The highest BCUT2D eigenvalue weighted by Crippen LogP contribution is 2.51. The van der Waals surface area contributed by atoms with Gasteiger partial charge in [-0.3, -0.25) is 4.40 Å². The molecule has 6 aromatic heterocycles. The smallest absolute Gasteiger partial charge is 0.120 e. The number of rotatable bonds is 4. The maximum atomic E-state index is 6.77. The van der Waals surface area contributed by atoms with Crippen LogP contribution in [0.25, 0.3) is 98.6 Å². The van der Waals surface area contributed by atoms with Crippen LogP contribution in [0, 0.1) is 13.8 Å². The summed E-state index contributed by atoms with van der Waals surface area (Å²) in [7, 11) is 3.39. The number of anilines is 1. The van der Waals surface area contributed by atoms with E-state index in [1.165, 1.54) is 79.4 Å². The number of halogens is 2. The Labute approximate surface area is 359 Å². The summed E-state index contributed by atoms with van der Waals surface area (Å²) < 4.78 is 20.3. The van der Waals surface area contributed by atoms with Crippen LogP contribution in [0.2, 0.25) is 9.36 Å². The molecule has 58 heavy (non-hydrogen) atoms. The third-order valence-corrected chi connectivity index (χ3v) is 16.5. The number of hydrogen-bond donors (Lipinski definition) is 1. The summed E-state index contributed by atoms with van der Waals surface area (Å²) >= 11 is 20.4. The molecule has 2 N–H and O–H groups in total. The normalized spacial score (nSPS) is 12.0. The first-order valence-corrected chi connectivity index (χ1v) is 22.7. The van der Waals surface area contributed by atoms with E-state index < -0.39 is 0 Å². The molecule has 4 nitrogen and oxygen atoms in total. The Kier molecular flexibility index (Phi) is 8.39. The quantitative estimate of drug-likeness (QED) is 0.179. The van der Waals surface area contributed by atoms with Crippen molar-refractivity contribution in [3.8, 4) is 33.1 Å². The lowest BCUT2D eigenvalue weighted by atomic mass is 9.98. The van der Waals surface area contributed by atoms with E-state index in [-0.39, 0.29) is 0 Å². The molecule has 12 aromatic rings. The first kappa shape index (κ1) is 36.1. The highest BCUT2D eigenvalue weighted by Gasteiger charge is 2.24. The van der Waals surface area contributed by atoms with Crippen molar-refractivity contribution >= 4 is 151 Å². The third-order valence-electron chi connectivity index (χ3n) is 11.2. The number of nitrogen functional groups attached to an aromatic ring is 1. The number of para-hydroxylation sites is 2. The van der Waals surface area contributed by atoms with E-state index in [0.717, 1.165) is 58.3 Å². The molecule has 10 heteroatoms. The van der Waals surface area contributed by atoms with Gasteiger partial charge in [0.05, 0.1) is 39.9 Å². The number of nitrogens with zero attached hydrogens (tertiary/aromatic N) is 1. The number of fused-ring (bicyclic) bond motifs is 12. The molecule has 0 aliphatic rings. The van der Waals surface area contributed by atoms with Gasteiger partial charge in [0.2, 0.25) is 0 Å². The molecule has 0 spiro atoms. The van der Waals surface area contributed by atoms with Crippen LogP contribution in [0.4, 0.5) is 5.69 Å². The van der Waals surface area contributed by atoms with Gasteiger partial charge in [0.1, 0.15) is 20.7 Å². The lowest BCUT2D eigenvalue weighted by molar-refractivity contribution is 0.415. The highest BCUT2D eigenvalue weighted by molar-refractivity contribution is 7.27. The fourth-order valence-electron chi connectivity index (χ4n) is 8.44. The number of aryl methyl sites for hydroxylation is 2. The van der Waals surface area contributed by atoms with Crippen LogP contribution >= 0.6 is 68.5 Å². The second kappa shape index (κ2) is 13.5. The summed E-state index contributed by atoms with van der Waals surface area (Å²) in [6.07, 6.45) is 0. The summed E-state index contributed by atoms with van der Waals surface area (Å²) in [5.41, 5.74) is 15.4. The second-order valence-electron chi connectivity index (χ2n) is 14.6. The maximum Gasteiger partial charge on any atom is 0.120 e. The fourth-order valence-corrected chi connectivity index (χ4v) is 14.1. The molecule has 0 saturated heterocycles. The van der Waals surface area contributed by atoms with E-state index in [9.17, 15) is 0 Å². The minimum atomic E-state index is 0.681. The SMILES string of the molecule is COc1ccc2c(-c3cccc(-c4sc5cc(C)ccc5c4Cl)c3N)c(Cl)sc2c1.COc1ccc2c(c1)sc1c2c2cccc3c4sc5cc(C)ccc5c4n1c32. The van der Waals surface area contributed by atoms with Crippen LogP contribution in [0.3, 0.4) is 0 Å². The monoisotopic (exact) mass is 866 g/mol. The van der Waals surface area contributed by atoms with Crippen LogP contribution in [0.1, 0.15) is 11.1 Å². The molecule has 0 atom stereocenters. The topological polar surface area (TPSA) is 48.9 Å². The summed E-state index contributed by atoms with van der Waals surface area (Å²) in [6, 6.07) is 38.4. The van der Waals surface area contributed by atoms with Crippen molar-refractivity contribution in [2.45, 2.75) is 13.8 Å². The predicted molar refractivity (Wildman–Crippen MR) is 257 cm³/mol. The van der Waals surface area contributed by atoms with E-state index >= 15 is 0 Å². The average molecular weight is 868 g/mol. The van der Waals surface area contributed by atoms with Crippen LogP contribution in [-0.2, 0) is 0 Å². The molecule has 0 unspecified atom stereocenters. The van der Waals surface area contributed by atoms with E-state index in [4.69, 9.17) is 38.4 Å². The van der Waals surface area contributed by atoms with Gasteiger partial charge >= 0.3 is 0 Å². The summed E-state index contributed by atoms with van der Waals surface area (Å²) in [4.78, 5) is 2.32. The number of nitrogens with two attached hydrogens (primary N) is 1. The Morgan fingerprint density at radius 2 is 1.16 bits per heavy atom. The summed E-state index contributed by atoms with van der Waals surface area (Å²) in [5, 5.41) is 9.63. The summed E-state index contributed by atoms with van der Waals surface area (Å²) in [5.74, 6) is 1.72. The average Bonchev–Trinajstić information content (AvgIpc) is 4.06. The number of benzene rings is 6. The Bertz CT molecular complexity index is 3630. The van der Waals surface area contributed by atoms with Crippen molar-refractivity contribution in [2.24, 2.45) is 0 Å². The van der Waals surface area contributed by atoms with Crippen molar-refractivity contribution < 1.29 is 9.47 Å². The number of ether oxygens (including phenoxy) is 2. The van der Waals surface area contributed by atoms with Crippen molar-refractivity contribution in [2.75, 3.05) is 20.0 Å². The molecule has 0 bridgehead atoms. The van der Waals surface area contributed by atoms with Crippen LogP contribution in [-0.4, -0.2) is 18.6 Å². The number of hydrogen-bond acceptors (Lipinski definition) is 7. The lowest BCUT2D eigenvalue weighted by Crippen LogP contribution is -1.93. The van der Waals surface area contributed by atoms with E-state index in [1.54, 1.807) is 25.6 Å². The van der Waals surface area contributed by atoms with Crippen molar-refractivity contribution in [1.82, 2.24) is 4.40 Å². The van der Waals surface area contributed by atoms with Gasteiger partial charge in [0, 0.05) is 78.9 Å². The van der Waals surface area contributed by atoms with E-state index in [1.807, 2.05) is 59.1 Å². The largest absolute Gasteiger partial charge is 0.497 e. The van der Waals surface area contributed by atoms with Crippen LogP contribution < -0.4 is 15.2 Å². The minimum absolute atomic E-state index is 0.681. The van der Waals surface area contributed by atoms with Gasteiger partial charge < -0.3 is 15.2 Å². The van der Waals surface area contributed by atoms with Crippen molar-refractivity contribution in [3.05, 3.63) is 130 Å². The molecule has 0 radical (unpaired) electrons. The number of aromatic nitrogens is 1. The minimum Gasteiger partial charge on any atom is -0.497 e. The third kappa shape index (κ3) is 5.29. The van der Waals surface area contributed by atoms with Crippen LogP contribution in [0.5, 0.6) is 11.5 Å². The molecule has 6 heterocycles.